The Labute approximate surface area is 126 Å². The summed E-state index contributed by atoms with van der Waals surface area (Å²) >= 11 is 0. The van der Waals surface area contributed by atoms with E-state index in [1.54, 1.807) is 0 Å². The van der Waals surface area contributed by atoms with Gasteiger partial charge in [0.15, 0.2) is 0 Å². The largest absolute Gasteiger partial charge is 0.370 e. The summed E-state index contributed by atoms with van der Waals surface area (Å²) in [5, 5.41) is 17.2. The van der Waals surface area contributed by atoms with E-state index in [-0.39, 0.29) is 10.6 Å². The highest BCUT2D eigenvalue weighted by molar-refractivity contribution is 5.54. The van der Waals surface area contributed by atoms with Crippen molar-refractivity contribution in [2.75, 3.05) is 23.7 Å². The number of unbranched alkanes of at least 4 members (excludes halogenated alkanes) is 1. The topological polar surface area (TPSA) is 80.1 Å². The number of aromatic nitrogens is 1. The van der Waals surface area contributed by atoms with E-state index in [4.69, 9.17) is 0 Å². The first-order valence-electron chi connectivity index (χ1n) is 7.74. The summed E-state index contributed by atoms with van der Waals surface area (Å²) in [6.45, 7) is 7.78. The second kappa shape index (κ2) is 9.15. The average Bonchev–Trinajstić information content (AvgIpc) is 2.47. The zero-order chi connectivity index (χ0) is 15.7. The number of pyridine rings is 1. The van der Waals surface area contributed by atoms with E-state index in [1.807, 2.05) is 6.92 Å². The summed E-state index contributed by atoms with van der Waals surface area (Å²) in [6, 6.07) is 2.95. The number of nitrogens with zero attached hydrogens (tertiary/aromatic N) is 2. The summed E-state index contributed by atoms with van der Waals surface area (Å²) in [5.74, 6) is 1.68. The third kappa shape index (κ3) is 5.97. The molecule has 0 bridgehead atoms. The average molecular weight is 294 g/mol. The van der Waals surface area contributed by atoms with Gasteiger partial charge < -0.3 is 10.6 Å². The van der Waals surface area contributed by atoms with Gasteiger partial charge in [0.1, 0.15) is 11.6 Å². The molecular weight excluding hydrogens is 268 g/mol. The lowest BCUT2D eigenvalue weighted by atomic mass is 9.99. The maximum atomic E-state index is 11.0. The van der Waals surface area contributed by atoms with Gasteiger partial charge in [-0.05, 0) is 19.3 Å². The highest BCUT2D eigenvalue weighted by atomic mass is 16.6. The van der Waals surface area contributed by atoms with Crippen LogP contribution < -0.4 is 10.6 Å². The monoisotopic (exact) mass is 294 g/mol. The third-order valence-electron chi connectivity index (χ3n) is 3.49. The van der Waals surface area contributed by atoms with E-state index in [9.17, 15) is 10.1 Å². The summed E-state index contributed by atoms with van der Waals surface area (Å²) in [5.41, 5.74) is 0.0602. The van der Waals surface area contributed by atoms with E-state index in [2.05, 4.69) is 29.5 Å². The molecule has 0 fully saturated rings. The SMILES string of the molecule is CCCCC(CC)CNc1cc([N+](=O)[O-])cc(NCC)n1. The Hall–Kier alpha value is -1.85. The van der Waals surface area contributed by atoms with Crippen LogP contribution in [0.2, 0.25) is 0 Å². The number of anilines is 2. The molecule has 21 heavy (non-hydrogen) atoms. The van der Waals surface area contributed by atoms with E-state index < -0.39 is 0 Å². The second-order valence-corrected chi connectivity index (χ2v) is 5.18. The van der Waals surface area contributed by atoms with Crippen LogP contribution in [0.25, 0.3) is 0 Å². The van der Waals surface area contributed by atoms with Crippen LogP contribution in [0.3, 0.4) is 0 Å². The van der Waals surface area contributed by atoms with Crippen molar-refractivity contribution in [2.24, 2.45) is 5.92 Å². The van der Waals surface area contributed by atoms with Crippen LogP contribution in [0, 0.1) is 16.0 Å². The molecule has 0 aliphatic heterocycles. The zero-order valence-electron chi connectivity index (χ0n) is 13.2. The van der Waals surface area contributed by atoms with Gasteiger partial charge in [-0.2, -0.15) is 0 Å². The smallest absolute Gasteiger partial charge is 0.276 e. The van der Waals surface area contributed by atoms with Gasteiger partial charge in [0.05, 0.1) is 17.1 Å². The molecule has 0 saturated carbocycles. The Morgan fingerprint density at radius 1 is 1.24 bits per heavy atom. The number of nitrogens with one attached hydrogen (secondary N) is 2. The quantitative estimate of drug-likeness (QED) is 0.502. The van der Waals surface area contributed by atoms with Crippen LogP contribution in [-0.4, -0.2) is 23.0 Å². The van der Waals surface area contributed by atoms with Crippen molar-refractivity contribution in [1.82, 2.24) is 4.98 Å². The molecule has 0 aliphatic carbocycles. The minimum absolute atomic E-state index is 0.0602. The molecule has 6 heteroatoms. The summed E-state index contributed by atoms with van der Waals surface area (Å²) in [7, 11) is 0. The lowest BCUT2D eigenvalue weighted by Gasteiger charge is -2.16. The summed E-state index contributed by atoms with van der Waals surface area (Å²) in [4.78, 5) is 14.9. The Morgan fingerprint density at radius 3 is 2.43 bits per heavy atom. The first-order chi connectivity index (χ1) is 10.1. The highest BCUT2D eigenvalue weighted by Crippen LogP contribution is 2.21. The zero-order valence-corrected chi connectivity index (χ0v) is 13.2. The Morgan fingerprint density at radius 2 is 1.90 bits per heavy atom. The normalized spacial score (nSPS) is 12.0. The van der Waals surface area contributed by atoms with Crippen LogP contribution >= 0.6 is 0 Å². The molecule has 1 unspecified atom stereocenters. The van der Waals surface area contributed by atoms with Crippen LogP contribution in [0.15, 0.2) is 12.1 Å². The van der Waals surface area contributed by atoms with Gasteiger partial charge in [0.2, 0.25) is 0 Å². The molecule has 118 valence electrons. The maximum absolute atomic E-state index is 11.0. The number of rotatable bonds is 10. The number of nitro groups is 1. The molecule has 0 saturated heterocycles. The molecule has 0 amide bonds. The van der Waals surface area contributed by atoms with Crippen LogP contribution in [0.4, 0.5) is 17.3 Å². The van der Waals surface area contributed by atoms with Gasteiger partial charge in [-0.1, -0.05) is 33.1 Å². The van der Waals surface area contributed by atoms with Crippen LogP contribution in [-0.2, 0) is 0 Å². The molecule has 1 aromatic rings. The van der Waals surface area contributed by atoms with E-state index in [0.717, 1.165) is 13.0 Å². The van der Waals surface area contributed by atoms with Crippen molar-refractivity contribution in [3.05, 3.63) is 22.2 Å². The van der Waals surface area contributed by atoms with Crippen molar-refractivity contribution in [3.8, 4) is 0 Å². The third-order valence-corrected chi connectivity index (χ3v) is 3.49. The lowest BCUT2D eigenvalue weighted by molar-refractivity contribution is -0.384. The molecule has 0 spiro atoms. The fraction of sp³-hybridized carbons (Fsp3) is 0.667. The molecule has 0 radical (unpaired) electrons. The van der Waals surface area contributed by atoms with Crippen molar-refractivity contribution in [1.29, 1.82) is 0 Å². The Bertz CT molecular complexity index is 451. The number of hydrogen-bond acceptors (Lipinski definition) is 5. The maximum Gasteiger partial charge on any atom is 0.276 e. The van der Waals surface area contributed by atoms with Crippen molar-refractivity contribution in [2.45, 2.75) is 46.5 Å². The van der Waals surface area contributed by atoms with Crippen molar-refractivity contribution < 1.29 is 4.92 Å². The van der Waals surface area contributed by atoms with Crippen molar-refractivity contribution in [3.63, 3.8) is 0 Å². The molecule has 1 rings (SSSR count). The predicted octanol–water partition coefficient (Wildman–Crippen LogP) is 4.05. The molecule has 0 aliphatic rings. The van der Waals surface area contributed by atoms with Gasteiger partial charge >= 0.3 is 0 Å². The van der Waals surface area contributed by atoms with Gasteiger partial charge in [0.25, 0.3) is 5.69 Å². The van der Waals surface area contributed by atoms with Crippen LogP contribution in [0.5, 0.6) is 0 Å². The molecule has 1 atom stereocenters. The predicted molar refractivity (Wildman–Crippen MR) is 86.9 cm³/mol. The summed E-state index contributed by atoms with van der Waals surface area (Å²) in [6.07, 6.45) is 4.68. The Balaban J connectivity index is 2.74. The fourth-order valence-corrected chi connectivity index (χ4v) is 2.18. The standard InChI is InChI=1S/C15H26N4O2/c1-4-7-8-12(5-2)11-17-15-10-13(19(20)21)9-14(18-15)16-6-3/h9-10,12H,4-8,11H2,1-3H3,(H2,16,17,18). The van der Waals surface area contributed by atoms with Crippen molar-refractivity contribution >= 4 is 17.3 Å². The van der Waals surface area contributed by atoms with E-state index >= 15 is 0 Å². The fourth-order valence-electron chi connectivity index (χ4n) is 2.18. The van der Waals surface area contributed by atoms with Gasteiger partial charge in [0, 0.05) is 13.1 Å². The van der Waals surface area contributed by atoms with E-state index in [0.29, 0.717) is 24.1 Å². The van der Waals surface area contributed by atoms with Gasteiger partial charge in [-0.25, -0.2) is 4.98 Å². The highest BCUT2D eigenvalue weighted by Gasteiger charge is 2.12. The van der Waals surface area contributed by atoms with Gasteiger partial charge in [-0.15, -0.1) is 0 Å². The lowest BCUT2D eigenvalue weighted by Crippen LogP contribution is -2.15. The van der Waals surface area contributed by atoms with Crippen LogP contribution in [0.1, 0.15) is 46.5 Å². The molecule has 0 aromatic carbocycles. The van der Waals surface area contributed by atoms with Gasteiger partial charge in [-0.3, -0.25) is 10.1 Å². The Kier molecular flexibility index (Phi) is 7.50. The minimum Gasteiger partial charge on any atom is -0.370 e. The second-order valence-electron chi connectivity index (χ2n) is 5.18. The summed E-state index contributed by atoms with van der Waals surface area (Å²) < 4.78 is 0. The first-order valence-corrected chi connectivity index (χ1v) is 7.74. The molecule has 1 heterocycles. The number of hydrogen-bond donors (Lipinski definition) is 2. The molecule has 6 nitrogen and oxygen atoms in total. The minimum atomic E-state index is -0.387. The first kappa shape index (κ1) is 17.2. The van der Waals surface area contributed by atoms with E-state index in [1.165, 1.54) is 31.4 Å². The molecule has 2 N–H and O–H groups in total. The molecular formula is C15H26N4O2. The molecule has 1 aromatic heterocycles.